The summed E-state index contributed by atoms with van der Waals surface area (Å²) in [4.78, 5) is 15.3. The second-order valence-corrected chi connectivity index (χ2v) is 9.28. The third-order valence-corrected chi connectivity index (χ3v) is 7.33. The van der Waals surface area contributed by atoms with Gasteiger partial charge in [0.2, 0.25) is 5.91 Å². The second kappa shape index (κ2) is 8.76. The van der Waals surface area contributed by atoms with Crippen LogP contribution in [-0.4, -0.2) is 71.6 Å². The predicted octanol–water partition coefficient (Wildman–Crippen LogP) is 1.29. The van der Waals surface area contributed by atoms with Gasteiger partial charge in [-0.05, 0) is 44.1 Å². The average Bonchev–Trinajstić information content (AvgIpc) is 3.10. The van der Waals surface area contributed by atoms with Gasteiger partial charge in [-0.3, -0.25) is 4.79 Å². The number of hydrogen-bond donors (Lipinski definition) is 3. The average molecular weight is 381 g/mol. The minimum absolute atomic E-state index is 0.0467. The fourth-order valence-corrected chi connectivity index (χ4v) is 5.78. The zero-order valence-corrected chi connectivity index (χ0v) is 16.4. The van der Waals surface area contributed by atoms with E-state index in [4.69, 9.17) is 4.74 Å². The van der Waals surface area contributed by atoms with Crippen molar-refractivity contribution in [2.45, 2.75) is 82.1 Å². The summed E-state index contributed by atoms with van der Waals surface area (Å²) in [5, 5.41) is 24.2. The molecule has 2 saturated heterocycles. The Kier molecular flexibility index (Phi) is 6.37. The fraction of sp³-hybridized carbons (Fsp3) is 0.952. The van der Waals surface area contributed by atoms with Gasteiger partial charge in [0.05, 0.1) is 30.8 Å². The summed E-state index contributed by atoms with van der Waals surface area (Å²) in [5.41, 5.74) is 0. The molecular formula is C21H36N2O4. The SMILES string of the molecule is O=C(C1C(O)CC(O)CC1OCC1CCCCN1)N1CC2CCCCC2C1. The number of likely N-dealkylation sites (tertiary alicyclic amines) is 1. The van der Waals surface area contributed by atoms with Gasteiger partial charge in [-0.1, -0.05) is 19.3 Å². The summed E-state index contributed by atoms with van der Waals surface area (Å²) in [5.74, 6) is 0.794. The van der Waals surface area contributed by atoms with Crippen LogP contribution in [0.3, 0.4) is 0 Å². The molecule has 0 bridgehead atoms. The van der Waals surface area contributed by atoms with E-state index < -0.39 is 18.1 Å². The largest absolute Gasteiger partial charge is 0.393 e. The van der Waals surface area contributed by atoms with E-state index in [0.29, 0.717) is 30.9 Å². The molecule has 3 N–H and O–H groups in total. The van der Waals surface area contributed by atoms with E-state index in [-0.39, 0.29) is 18.4 Å². The van der Waals surface area contributed by atoms with Gasteiger partial charge in [0.15, 0.2) is 0 Å². The van der Waals surface area contributed by atoms with E-state index in [1.165, 1.54) is 38.5 Å². The number of hydrogen-bond acceptors (Lipinski definition) is 5. The fourth-order valence-electron chi connectivity index (χ4n) is 5.78. The third-order valence-electron chi connectivity index (χ3n) is 7.33. The van der Waals surface area contributed by atoms with Crippen molar-refractivity contribution in [1.82, 2.24) is 10.2 Å². The number of aliphatic hydroxyl groups excluding tert-OH is 2. The van der Waals surface area contributed by atoms with Gasteiger partial charge in [-0.2, -0.15) is 0 Å². The number of amides is 1. The van der Waals surface area contributed by atoms with Crippen molar-refractivity contribution in [3.05, 3.63) is 0 Å². The van der Waals surface area contributed by atoms with Gasteiger partial charge in [0, 0.05) is 32.0 Å². The van der Waals surface area contributed by atoms with Crippen LogP contribution in [0.4, 0.5) is 0 Å². The lowest BCUT2D eigenvalue weighted by Crippen LogP contribution is -2.52. The summed E-state index contributed by atoms with van der Waals surface area (Å²) in [6.07, 6.45) is 7.45. The van der Waals surface area contributed by atoms with Gasteiger partial charge >= 0.3 is 0 Å². The van der Waals surface area contributed by atoms with E-state index in [1.807, 2.05) is 4.90 Å². The Morgan fingerprint density at radius 3 is 2.37 bits per heavy atom. The molecule has 2 heterocycles. The Bertz CT molecular complexity index is 496. The first kappa shape index (κ1) is 19.6. The molecular weight excluding hydrogens is 344 g/mol. The molecule has 0 radical (unpaired) electrons. The van der Waals surface area contributed by atoms with Crippen LogP contribution in [0.2, 0.25) is 0 Å². The lowest BCUT2D eigenvalue weighted by atomic mass is 9.81. The minimum atomic E-state index is -0.812. The van der Waals surface area contributed by atoms with Gasteiger partial charge < -0.3 is 25.2 Å². The molecule has 27 heavy (non-hydrogen) atoms. The molecule has 0 aromatic heterocycles. The van der Waals surface area contributed by atoms with Crippen LogP contribution in [0.25, 0.3) is 0 Å². The summed E-state index contributed by atoms with van der Waals surface area (Å²) in [6, 6.07) is 0.320. The molecule has 7 atom stereocenters. The highest BCUT2D eigenvalue weighted by atomic mass is 16.5. The van der Waals surface area contributed by atoms with Crippen molar-refractivity contribution in [3.63, 3.8) is 0 Å². The summed E-state index contributed by atoms with van der Waals surface area (Å²) in [6.45, 7) is 3.25. The molecule has 2 saturated carbocycles. The molecule has 2 aliphatic carbocycles. The monoisotopic (exact) mass is 380 g/mol. The number of piperidine rings is 1. The quantitative estimate of drug-likeness (QED) is 0.685. The Morgan fingerprint density at radius 2 is 1.70 bits per heavy atom. The van der Waals surface area contributed by atoms with Crippen LogP contribution in [-0.2, 0) is 9.53 Å². The number of carbonyl (C=O) groups is 1. The smallest absolute Gasteiger partial charge is 0.230 e. The molecule has 7 unspecified atom stereocenters. The van der Waals surface area contributed by atoms with Crippen LogP contribution in [0, 0.1) is 17.8 Å². The number of nitrogens with one attached hydrogen (secondary N) is 1. The Hall–Kier alpha value is -0.690. The first-order chi connectivity index (χ1) is 13.1. The van der Waals surface area contributed by atoms with E-state index in [2.05, 4.69) is 5.32 Å². The van der Waals surface area contributed by atoms with Gasteiger partial charge in [-0.25, -0.2) is 0 Å². The maximum absolute atomic E-state index is 13.3. The molecule has 0 aromatic carbocycles. The number of ether oxygens (including phenoxy) is 1. The van der Waals surface area contributed by atoms with Crippen molar-refractivity contribution in [2.75, 3.05) is 26.2 Å². The Balaban J connectivity index is 1.39. The summed E-state index contributed by atoms with van der Waals surface area (Å²) < 4.78 is 6.15. The van der Waals surface area contributed by atoms with E-state index in [9.17, 15) is 15.0 Å². The van der Waals surface area contributed by atoms with Crippen molar-refractivity contribution in [2.24, 2.45) is 17.8 Å². The van der Waals surface area contributed by atoms with Crippen molar-refractivity contribution >= 4 is 5.91 Å². The van der Waals surface area contributed by atoms with Crippen LogP contribution in [0.15, 0.2) is 0 Å². The number of aliphatic hydroxyl groups is 2. The van der Waals surface area contributed by atoms with Crippen molar-refractivity contribution in [1.29, 1.82) is 0 Å². The first-order valence-electron chi connectivity index (χ1n) is 11.1. The molecule has 0 spiro atoms. The standard InChI is InChI=1S/C21H36N2O4/c24-17-9-18(25)20(19(10-17)27-13-16-7-3-4-8-22-16)21(26)23-11-14-5-1-2-6-15(14)12-23/h14-20,22,24-25H,1-13H2. The zero-order chi connectivity index (χ0) is 18.8. The van der Waals surface area contributed by atoms with Crippen molar-refractivity contribution < 1.29 is 19.7 Å². The number of carbonyl (C=O) groups excluding carboxylic acids is 1. The zero-order valence-electron chi connectivity index (χ0n) is 16.4. The highest BCUT2D eigenvalue weighted by Crippen LogP contribution is 2.38. The van der Waals surface area contributed by atoms with Crippen molar-refractivity contribution in [3.8, 4) is 0 Å². The molecule has 6 nitrogen and oxygen atoms in total. The normalized spacial score (nSPS) is 42.7. The highest BCUT2D eigenvalue weighted by Gasteiger charge is 2.46. The lowest BCUT2D eigenvalue weighted by molar-refractivity contribution is -0.157. The van der Waals surface area contributed by atoms with Crippen LogP contribution in [0.5, 0.6) is 0 Å². The summed E-state index contributed by atoms with van der Waals surface area (Å²) >= 11 is 0. The molecule has 0 aromatic rings. The lowest BCUT2D eigenvalue weighted by Gasteiger charge is -2.39. The Morgan fingerprint density at radius 1 is 1.00 bits per heavy atom. The van der Waals surface area contributed by atoms with Gasteiger partial charge in [0.1, 0.15) is 0 Å². The van der Waals surface area contributed by atoms with E-state index in [1.54, 1.807) is 0 Å². The number of rotatable bonds is 4. The molecule has 6 heteroatoms. The topological polar surface area (TPSA) is 82.0 Å². The molecule has 2 aliphatic heterocycles. The number of fused-ring (bicyclic) bond motifs is 1. The van der Waals surface area contributed by atoms with Crippen LogP contribution >= 0.6 is 0 Å². The maximum atomic E-state index is 13.3. The van der Waals surface area contributed by atoms with Gasteiger partial charge in [0.25, 0.3) is 0 Å². The van der Waals surface area contributed by atoms with Gasteiger partial charge in [-0.15, -0.1) is 0 Å². The van der Waals surface area contributed by atoms with E-state index in [0.717, 1.165) is 26.1 Å². The summed E-state index contributed by atoms with van der Waals surface area (Å²) in [7, 11) is 0. The molecule has 4 fully saturated rings. The third kappa shape index (κ3) is 4.50. The van der Waals surface area contributed by atoms with Crippen LogP contribution < -0.4 is 5.32 Å². The maximum Gasteiger partial charge on any atom is 0.230 e. The van der Waals surface area contributed by atoms with E-state index >= 15 is 0 Å². The molecule has 1 amide bonds. The highest BCUT2D eigenvalue weighted by molar-refractivity contribution is 5.80. The second-order valence-electron chi connectivity index (χ2n) is 9.28. The molecule has 4 rings (SSSR count). The Labute approximate surface area is 162 Å². The molecule has 4 aliphatic rings. The number of nitrogens with zero attached hydrogens (tertiary/aromatic N) is 1. The first-order valence-corrected chi connectivity index (χ1v) is 11.1. The minimum Gasteiger partial charge on any atom is -0.393 e. The molecule has 154 valence electrons. The van der Waals surface area contributed by atoms with Crippen LogP contribution in [0.1, 0.15) is 57.8 Å². The predicted molar refractivity (Wildman–Crippen MR) is 102 cm³/mol.